The fraction of sp³-hybridized carbons (Fsp3) is 0.511. The second-order valence-electron chi connectivity index (χ2n) is 17.3. The Bertz CT molecular complexity index is 2190. The average Bonchev–Trinajstić information content (AvgIpc) is 3.68. The third-order valence-electron chi connectivity index (χ3n) is 12.6. The van der Waals surface area contributed by atoms with Crippen LogP contribution in [0.25, 0.3) is 33.7 Å². The van der Waals surface area contributed by atoms with Gasteiger partial charge in [0.15, 0.2) is 6.23 Å². The number of amides is 1. The van der Waals surface area contributed by atoms with Crippen LogP contribution in [0.2, 0.25) is 0 Å². The van der Waals surface area contributed by atoms with E-state index in [-0.39, 0.29) is 36.2 Å². The van der Waals surface area contributed by atoms with E-state index >= 15 is 0 Å². The Labute approximate surface area is 339 Å². The number of H-pyrrole nitrogens is 2. The Balaban J connectivity index is 0.961. The third-order valence-corrected chi connectivity index (χ3v) is 12.6. The number of imidazole rings is 2. The molecule has 58 heavy (non-hydrogen) atoms. The number of fused-ring (bicyclic) bond motifs is 4. The molecule has 0 radical (unpaired) electrons. The highest BCUT2D eigenvalue weighted by atomic mass is 16.6. The van der Waals surface area contributed by atoms with Gasteiger partial charge in [0.05, 0.1) is 43.0 Å². The second kappa shape index (κ2) is 16.0. The molecule has 2 aromatic heterocycles. The quantitative estimate of drug-likeness (QED) is 0.0869. The van der Waals surface area contributed by atoms with Crippen molar-refractivity contribution in [1.82, 2.24) is 35.2 Å². The zero-order chi connectivity index (χ0) is 40.1. The van der Waals surface area contributed by atoms with Crippen LogP contribution in [-0.4, -0.2) is 87.3 Å². The highest BCUT2D eigenvalue weighted by Crippen LogP contribution is 2.52. The number of nitrogens with one attached hydrogen (secondary N) is 3. The van der Waals surface area contributed by atoms with Crippen molar-refractivity contribution in [1.29, 1.82) is 0 Å². The summed E-state index contributed by atoms with van der Waals surface area (Å²) < 4.78 is 19.1. The lowest BCUT2D eigenvalue weighted by molar-refractivity contribution is -0.146. The Morgan fingerprint density at radius 1 is 0.914 bits per heavy atom. The summed E-state index contributed by atoms with van der Waals surface area (Å²) in [5, 5.41) is 0. The summed E-state index contributed by atoms with van der Waals surface area (Å²) in [6.07, 6.45) is 10.3. The van der Waals surface area contributed by atoms with Gasteiger partial charge in [0, 0.05) is 58.8 Å². The molecule has 13 nitrogen and oxygen atoms in total. The molecule has 2 unspecified atom stereocenters. The first-order valence-electron chi connectivity index (χ1n) is 21.1. The van der Waals surface area contributed by atoms with Crippen LogP contribution in [0.5, 0.6) is 11.5 Å². The first kappa shape index (κ1) is 38.5. The van der Waals surface area contributed by atoms with Crippen molar-refractivity contribution in [2.24, 2.45) is 17.8 Å². The number of aromatic amines is 2. The molecule has 2 saturated heterocycles. The van der Waals surface area contributed by atoms with Crippen LogP contribution < -0.4 is 15.0 Å². The predicted molar refractivity (Wildman–Crippen MR) is 219 cm³/mol. The summed E-state index contributed by atoms with van der Waals surface area (Å²) in [6.45, 7) is 10.9. The molecular formula is C45H55N7O6. The van der Waals surface area contributed by atoms with Crippen molar-refractivity contribution in [2.75, 3.05) is 26.8 Å². The summed E-state index contributed by atoms with van der Waals surface area (Å²) in [5.74, 6) is 4.35. The van der Waals surface area contributed by atoms with Gasteiger partial charge in [-0.15, -0.1) is 0 Å². The fourth-order valence-corrected chi connectivity index (χ4v) is 9.49. The number of carbonyl (C=O) groups is 2. The molecule has 4 aromatic rings. The van der Waals surface area contributed by atoms with Crippen molar-refractivity contribution in [3.63, 3.8) is 0 Å². The number of rotatable bonds is 14. The summed E-state index contributed by atoms with van der Waals surface area (Å²) in [4.78, 5) is 51.1. The Morgan fingerprint density at radius 3 is 2.26 bits per heavy atom. The van der Waals surface area contributed by atoms with Gasteiger partial charge in [-0.1, -0.05) is 52.0 Å². The number of hydroxylamine groups is 1. The van der Waals surface area contributed by atoms with Crippen LogP contribution >= 0.6 is 0 Å². The molecule has 13 heteroatoms. The minimum Gasteiger partial charge on any atom is -0.488 e. The molecule has 3 N–H and O–H groups in total. The van der Waals surface area contributed by atoms with Crippen LogP contribution in [0.1, 0.15) is 108 Å². The predicted octanol–water partition coefficient (Wildman–Crippen LogP) is 7.46. The molecule has 1 amide bonds. The zero-order valence-electron chi connectivity index (χ0n) is 34.1. The summed E-state index contributed by atoms with van der Waals surface area (Å²) in [5.41, 5.74) is 11.3. The number of ether oxygens (including phenoxy) is 3. The van der Waals surface area contributed by atoms with Crippen LogP contribution in [0.15, 0.2) is 48.8 Å². The molecule has 9 rings (SSSR count). The molecule has 5 aliphatic rings. The van der Waals surface area contributed by atoms with E-state index in [2.05, 4.69) is 70.6 Å². The molecule has 0 spiro atoms. The first-order valence-corrected chi connectivity index (χ1v) is 21.1. The highest BCUT2D eigenvalue weighted by Gasteiger charge is 2.43. The van der Waals surface area contributed by atoms with Gasteiger partial charge in [0.1, 0.15) is 41.9 Å². The molecule has 6 heterocycles. The van der Waals surface area contributed by atoms with E-state index in [4.69, 9.17) is 29.0 Å². The Hall–Kier alpha value is -4.98. The molecular weight excluding hydrogens is 735 g/mol. The van der Waals surface area contributed by atoms with E-state index in [1.807, 2.05) is 31.1 Å². The maximum atomic E-state index is 13.6. The van der Waals surface area contributed by atoms with Gasteiger partial charge < -0.3 is 33.9 Å². The normalized spacial score (nSPS) is 22.7. The van der Waals surface area contributed by atoms with Gasteiger partial charge >= 0.3 is 0 Å². The zero-order valence-corrected chi connectivity index (χ0v) is 34.1. The standard InChI is InChI=1S/C45H55N7O6/c1-25(2)18-39(57-24-53)51-16-6-8-35(51)43-46-22-34(48-43)29-12-14-30-32-23-56-37-19-28(13-15-31(37)40(32)42(27-10-11-27)58-38(30)20-29)33-21-47-44(49-33)36-9-7-17-52(36)45(54)41(26(3)4)50-55-5/h12-15,19-22,24-27,35-36,39,41-42,50H,6-11,16-18,23H2,1-5H3,(H,46,48)(H,47,49)/t35-,36-,39?,41-,42?/m0/s1. The topological polar surface area (TPSA) is 147 Å². The summed E-state index contributed by atoms with van der Waals surface area (Å²) in [6, 6.07) is 12.3. The number of hydrogen-bond donors (Lipinski definition) is 3. The van der Waals surface area contributed by atoms with Gasteiger partial charge in [-0.3, -0.25) is 14.5 Å². The Kier molecular flexibility index (Phi) is 10.6. The minimum absolute atomic E-state index is 0.0294. The molecule has 1 saturated carbocycles. The SMILES string of the molecule is CON[C@H](C(=O)N1CCC[C@H]1c1ncc(-c2ccc3c(c2)OCC2=C3C(C3CC3)Oc3cc(-c4cnc([C@@H]5CCCN5C(CC(C)C)OC=O)[nH]4)ccc32)[nH]1)C(C)C. The average molecular weight is 790 g/mol. The lowest BCUT2D eigenvalue weighted by atomic mass is 9.84. The van der Waals surface area contributed by atoms with Crippen LogP contribution in [0.4, 0.5) is 0 Å². The lowest BCUT2D eigenvalue weighted by Gasteiger charge is -2.35. The molecule has 0 bridgehead atoms. The first-order chi connectivity index (χ1) is 28.2. The van der Waals surface area contributed by atoms with Crippen LogP contribution in [0, 0.1) is 17.8 Å². The van der Waals surface area contributed by atoms with Crippen LogP contribution in [0.3, 0.4) is 0 Å². The largest absolute Gasteiger partial charge is 0.488 e. The van der Waals surface area contributed by atoms with Gasteiger partial charge in [0.25, 0.3) is 6.47 Å². The number of nitrogens with zero attached hydrogens (tertiary/aromatic N) is 4. The van der Waals surface area contributed by atoms with Crippen molar-refractivity contribution >= 4 is 23.5 Å². The smallest absolute Gasteiger partial charge is 0.294 e. The monoisotopic (exact) mass is 789 g/mol. The van der Waals surface area contributed by atoms with Crippen molar-refractivity contribution in [2.45, 2.75) is 103 Å². The van der Waals surface area contributed by atoms with E-state index in [0.717, 1.165) is 108 Å². The molecule has 1 aliphatic carbocycles. The second-order valence-corrected chi connectivity index (χ2v) is 17.3. The van der Waals surface area contributed by atoms with Crippen molar-refractivity contribution < 1.29 is 28.6 Å². The van der Waals surface area contributed by atoms with Crippen LogP contribution in [-0.2, 0) is 19.2 Å². The third kappa shape index (κ3) is 7.21. The number of carbonyl (C=O) groups excluding carboxylic acids is 2. The fourth-order valence-electron chi connectivity index (χ4n) is 9.49. The van der Waals surface area contributed by atoms with E-state index in [0.29, 0.717) is 31.5 Å². The number of benzene rings is 2. The molecule has 306 valence electrons. The van der Waals surface area contributed by atoms with Crippen molar-refractivity contribution in [3.8, 4) is 34.0 Å². The molecule has 5 atom stereocenters. The lowest BCUT2D eigenvalue weighted by Crippen LogP contribution is -2.48. The van der Waals surface area contributed by atoms with Gasteiger partial charge in [-0.05, 0) is 62.5 Å². The molecule has 4 aliphatic heterocycles. The van der Waals surface area contributed by atoms with E-state index in [1.165, 1.54) is 11.1 Å². The van der Waals surface area contributed by atoms with Gasteiger partial charge in [0.2, 0.25) is 5.91 Å². The molecule has 2 aromatic carbocycles. The number of hydrogen-bond acceptors (Lipinski definition) is 10. The Morgan fingerprint density at radius 2 is 1.59 bits per heavy atom. The summed E-state index contributed by atoms with van der Waals surface area (Å²) in [7, 11) is 1.55. The minimum atomic E-state index is -0.424. The van der Waals surface area contributed by atoms with E-state index in [9.17, 15) is 9.59 Å². The van der Waals surface area contributed by atoms with E-state index < -0.39 is 6.04 Å². The molecule has 3 fully saturated rings. The highest BCUT2D eigenvalue weighted by molar-refractivity contribution is 6.00. The number of likely N-dealkylation sites (tertiary alicyclic amines) is 2. The maximum Gasteiger partial charge on any atom is 0.294 e. The van der Waals surface area contributed by atoms with Gasteiger partial charge in [-0.2, -0.15) is 5.48 Å². The summed E-state index contributed by atoms with van der Waals surface area (Å²) >= 11 is 0. The van der Waals surface area contributed by atoms with Gasteiger partial charge in [-0.25, -0.2) is 9.97 Å². The maximum absolute atomic E-state index is 13.6. The number of aromatic nitrogens is 4. The van der Waals surface area contributed by atoms with E-state index in [1.54, 1.807) is 7.11 Å². The van der Waals surface area contributed by atoms with Crippen molar-refractivity contribution in [3.05, 3.63) is 71.6 Å².